The highest BCUT2D eigenvalue weighted by molar-refractivity contribution is 7.99. The first-order chi connectivity index (χ1) is 12.7. The fourth-order valence-corrected chi connectivity index (χ4v) is 4.03. The first-order valence-electron chi connectivity index (χ1n) is 9.43. The molecule has 1 saturated heterocycles. The minimum Gasteiger partial charge on any atom is -0.396 e. The summed E-state index contributed by atoms with van der Waals surface area (Å²) >= 11 is 1.82. The van der Waals surface area contributed by atoms with E-state index in [0.29, 0.717) is 12.8 Å². The molecule has 0 aromatic heterocycles. The van der Waals surface area contributed by atoms with Crippen molar-refractivity contribution < 1.29 is 14.7 Å². The Hall–Kier alpha value is -1.59. The number of aliphatic hydroxyl groups excluding tert-OH is 1. The van der Waals surface area contributed by atoms with Gasteiger partial charge in [0.1, 0.15) is 0 Å². The summed E-state index contributed by atoms with van der Waals surface area (Å²) in [5.41, 5.74) is 1.01. The summed E-state index contributed by atoms with van der Waals surface area (Å²) in [4.78, 5) is 26.4. The van der Waals surface area contributed by atoms with Crippen molar-refractivity contribution >= 4 is 23.5 Å². The number of hydrogen-bond donors (Lipinski definition) is 1. The second-order valence-corrected chi connectivity index (χ2v) is 7.80. The number of aliphatic hydroxyl groups is 1. The van der Waals surface area contributed by atoms with Crippen LogP contribution in [0.2, 0.25) is 0 Å². The second kappa shape index (κ2) is 11.9. The van der Waals surface area contributed by atoms with Crippen LogP contribution in [0.4, 0.5) is 0 Å². The van der Waals surface area contributed by atoms with E-state index < -0.39 is 0 Å². The van der Waals surface area contributed by atoms with E-state index in [1.807, 2.05) is 53.1 Å². The van der Waals surface area contributed by atoms with Gasteiger partial charge >= 0.3 is 0 Å². The maximum Gasteiger partial charge on any atom is 0.223 e. The number of unbranched alkanes of at least 4 members (excludes halogenated alkanes) is 1. The van der Waals surface area contributed by atoms with E-state index in [-0.39, 0.29) is 24.3 Å². The van der Waals surface area contributed by atoms with Crippen molar-refractivity contribution in [1.29, 1.82) is 0 Å². The summed E-state index contributed by atoms with van der Waals surface area (Å²) in [5.74, 6) is 2.18. The molecule has 0 aliphatic carbocycles. The van der Waals surface area contributed by atoms with E-state index in [1.54, 1.807) is 6.08 Å². The van der Waals surface area contributed by atoms with Crippen molar-refractivity contribution in [2.75, 3.05) is 24.7 Å². The fraction of sp³-hybridized carbons (Fsp3) is 0.524. The Morgan fingerprint density at radius 3 is 2.81 bits per heavy atom. The highest BCUT2D eigenvalue weighted by Gasteiger charge is 2.25. The highest BCUT2D eigenvalue weighted by atomic mass is 32.2. The molecule has 1 atom stereocenters. The van der Waals surface area contributed by atoms with E-state index in [9.17, 15) is 9.59 Å². The quantitative estimate of drug-likeness (QED) is 0.476. The number of nitrogens with zero attached hydrogens (tertiary/aromatic N) is 1. The molecule has 1 aromatic rings. The van der Waals surface area contributed by atoms with E-state index in [1.165, 1.54) is 0 Å². The van der Waals surface area contributed by atoms with Crippen LogP contribution < -0.4 is 0 Å². The monoisotopic (exact) mass is 375 g/mol. The zero-order valence-corrected chi connectivity index (χ0v) is 16.1. The van der Waals surface area contributed by atoms with Gasteiger partial charge in [-0.1, -0.05) is 36.4 Å². The number of benzene rings is 1. The van der Waals surface area contributed by atoms with E-state index in [0.717, 1.165) is 49.3 Å². The molecule has 0 saturated carbocycles. The predicted octanol–water partition coefficient (Wildman–Crippen LogP) is 3.24. The average molecular weight is 376 g/mol. The lowest BCUT2D eigenvalue weighted by Crippen LogP contribution is -2.43. The highest BCUT2D eigenvalue weighted by Crippen LogP contribution is 2.20. The van der Waals surface area contributed by atoms with Crippen molar-refractivity contribution in [2.45, 2.75) is 44.6 Å². The van der Waals surface area contributed by atoms with Gasteiger partial charge in [-0.2, -0.15) is 11.8 Å². The number of piperidine rings is 1. The van der Waals surface area contributed by atoms with Gasteiger partial charge in [0.15, 0.2) is 5.78 Å². The Bertz CT molecular complexity index is 588. The zero-order chi connectivity index (χ0) is 18.6. The third-order valence-electron chi connectivity index (χ3n) is 4.51. The summed E-state index contributed by atoms with van der Waals surface area (Å²) < 4.78 is 0. The minimum atomic E-state index is 0.0361. The van der Waals surface area contributed by atoms with Crippen LogP contribution in [-0.4, -0.2) is 52.4 Å². The molecule has 26 heavy (non-hydrogen) atoms. The number of amides is 1. The molecule has 1 aliphatic rings. The maximum absolute atomic E-state index is 12.3. The number of carbonyl (C=O) groups is 2. The summed E-state index contributed by atoms with van der Waals surface area (Å²) in [6.45, 7) is 0.972. The van der Waals surface area contributed by atoms with Crippen LogP contribution in [-0.2, 0) is 16.0 Å². The van der Waals surface area contributed by atoms with Gasteiger partial charge in [-0.05, 0) is 43.1 Å². The SMILES string of the molecule is O=C(/C=C/[C@H]1CCCC(=O)N1CCSCCCCO)Cc1ccccc1. The van der Waals surface area contributed by atoms with Crippen LogP contribution in [0.5, 0.6) is 0 Å². The lowest BCUT2D eigenvalue weighted by Gasteiger charge is -2.34. The van der Waals surface area contributed by atoms with Crippen LogP contribution in [0.25, 0.3) is 0 Å². The Morgan fingerprint density at radius 2 is 2.04 bits per heavy atom. The molecule has 4 nitrogen and oxygen atoms in total. The van der Waals surface area contributed by atoms with Crippen LogP contribution in [0.1, 0.15) is 37.7 Å². The second-order valence-electron chi connectivity index (χ2n) is 6.58. The van der Waals surface area contributed by atoms with E-state index in [2.05, 4.69) is 0 Å². The standard InChI is InChI=1S/C21H29NO3S/c23-14-4-5-15-26-16-13-22-19(9-6-10-21(22)25)11-12-20(24)17-18-7-2-1-3-8-18/h1-3,7-8,11-12,19,23H,4-6,9-10,13-17H2/b12-11+/t19-/m1/s1. The van der Waals surface area contributed by atoms with Crippen molar-refractivity contribution in [3.63, 3.8) is 0 Å². The number of allylic oxidation sites excluding steroid dienone is 1. The van der Waals surface area contributed by atoms with Crippen molar-refractivity contribution in [3.8, 4) is 0 Å². The van der Waals surface area contributed by atoms with Gasteiger partial charge < -0.3 is 10.0 Å². The molecule has 0 bridgehead atoms. The first-order valence-corrected chi connectivity index (χ1v) is 10.6. The molecule has 2 rings (SSSR count). The molecule has 1 N–H and O–H groups in total. The molecule has 1 fully saturated rings. The third-order valence-corrected chi connectivity index (χ3v) is 5.56. The molecule has 5 heteroatoms. The van der Waals surface area contributed by atoms with Crippen molar-refractivity contribution in [2.24, 2.45) is 0 Å². The summed E-state index contributed by atoms with van der Waals surface area (Å²) in [6, 6.07) is 9.76. The molecular formula is C21H29NO3S. The molecule has 0 spiro atoms. The largest absolute Gasteiger partial charge is 0.396 e. The molecule has 1 aliphatic heterocycles. The van der Waals surface area contributed by atoms with Gasteiger partial charge in [0.05, 0.1) is 6.04 Å². The summed E-state index contributed by atoms with van der Waals surface area (Å²) in [6.07, 6.45) is 8.24. The number of ketones is 1. The van der Waals surface area contributed by atoms with E-state index in [4.69, 9.17) is 5.11 Å². The maximum atomic E-state index is 12.3. The lowest BCUT2D eigenvalue weighted by molar-refractivity contribution is -0.134. The fourth-order valence-electron chi connectivity index (χ4n) is 3.09. The van der Waals surface area contributed by atoms with Gasteiger partial charge in [-0.3, -0.25) is 9.59 Å². The predicted molar refractivity (Wildman–Crippen MR) is 107 cm³/mol. The van der Waals surface area contributed by atoms with Gasteiger partial charge in [-0.25, -0.2) is 0 Å². The van der Waals surface area contributed by atoms with Gasteiger partial charge in [0.2, 0.25) is 5.91 Å². The van der Waals surface area contributed by atoms with Crippen molar-refractivity contribution in [3.05, 3.63) is 48.0 Å². The number of thioether (sulfide) groups is 1. The third kappa shape index (κ3) is 7.34. The number of likely N-dealkylation sites (tertiary alicyclic amines) is 1. The molecule has 0 unspecified atom stereocenters. The number of rotatable bonds is 11. The smallest absolute Gasteiger partial charge is 0.223 e. The molecule has 1 aromatic carbocycles. The lowest BCUT2D eigenvalue weighted by atomic mass is 10.00. The minimum absolute atomic E-state index is 0.0361. The molecular weight excluding hydrogens is 346 g/mol. The number of hydrogen-bond acceptors (Lipinski definition) is 4. The molecule has 1 amide bonds. The van der Waals surface area contributed by atoms with Gasteiger partial charge in [-0.15, -0.1) is 0 Å². The van der Waals surface area contributed by atoms with Crippen LogP contribution in [0, 0.1) is 0 Å². The first kappa shape index (κ1) is 20.7. The van der Waals surface area contributed by atoms with Gasteiger partial charge in [0.25, 0.3) is 0 Å². The Labute approximate surface area is 160 Å². The Morgan fingerprint density at radius 1 is 1.23 bits per heavy atom. The summed E-state index contributed by atoms with van der Waals surface area (Å²) in [5, 5.41) is 8.80. The topological polar surface area (TPSA) is 57.6 Å². The van der Waals surface area contributed by atoms with Crippen LogP contribution >= 0.6 is 11.8 Å². The van der Waals surface area contributed by atoms with Gasteiger partial charge in [0, 0.05) is 31.7 Å². The molecule has 0 radical (unpaired) electrons. The molecule has 142 valence electrons. The number of carbonyl (C=O) groups excluding carboxylic acids is 2. The summed E-state index contributed by atoms with van der Waals surface area (Å²) in [7, 11) is 0. The Balaban J connectivity index is 1.82. The van der Waals surface area contributed by atoms with Crippen molar-refractivity contribution in [1.82, 2.24) is 4.90 Å². The Kier molecular flexibility index (Phi) is 9.50. The van der Waals surface area contributed by atoms with Crippen LogP contribution in [0.3, 0.4) is 0 Å². The average Bonchev–Trinajstić information content (AvgIpc) is 2.65. The zero-order valence-electron chi connectivity index (χ0n) is 15.3. The normalized spacial score (nSPS) is 17.8. The molecule has 1 heterocycles. The van der Waals surface area contributed by atoms with E-state index >= 15 is 0 Å². The van der Waals surface area contributed by atoms with Crippen LogP contribution in [0.15, 0.2) is 42.5 Å².